The number of anilines is 2. The third-order valence-corrected chi connectivity index (χ3v) is 5.85. The van der Waals surface area contributed by atoms with Crippen LogP contribution in [0.4, 0.5) is 11.5 Å². The van der Waals surface area contributed by atoms with E-state index < -0.39 is 0 Å². The smallest absolute Gasteiger partial charge is 0.227 e. The summed E-state index contributed by atoms with van der Waals surface area (Å²) in [7, 11) is 0. The van der Waals surface area contributed by atoms with Crippen molar-refractivity contribution in [2.45, 2.75) is 19.8 Å². The molecule has 1 N–H and O–H groups in total. The molecule has 0 saturated carbocycles. The van der Waals surface area contributed by atoms with Crippen molar-refractivity contribution in [2.75, 3.05) is 23.3 Å². The van der Waals surface area contributed by atoms with Crippen LogP contribution >= 0.6 is 15.9 Å². The molecule has 2 heterocycles. The van der Waals surface area contributed by atoms with Gasteiger partial charge < -0.3 is 10.2 Å². The van der Waals surface area contributed by atoms with Crippen molar-refractivity contribution in [1.82, 2.24) is 10.2 Å². The molecule has 0 radical (unpaired) electrons. The fourth-order valence-corrected chi connectivity index (χ4v) is 4.08. The number of hydrogen-bond donors (Lipinski definition) is 1. The van der Waals surface area contributed by atoms with E-state index in [1.165, 1.54) is 5.56 Å². The lowest BCUT2D eigenvalue weighted by Crippen LogP contribution is -2.38. The average molecular weight is 451 g/mol. The molecule has 1 amide bonds. The molecule has 148 valence electrons. The van der Waals surface area contributed by atoms with E-state index in [2.05, 4.69) is 55.4 Å². The maximum Gasteiger partial charge on any atom is 0.227 e. The van der Waals surface area contributed by atoms with Crippen LogP contribution in [-0.4, -0.2) is 29.2 Å². The molecule has 29 heavy (non-hydrogen) atoms. The van der Waals surface area contributed by atoms with Crippen LogP contribution in [0.5, 0.6) is 0 Å². The predicted octanol–water partition coefficient (Wildman–Crippen LogP) is 5.07. The summed E-state index contributed by atoms with van der Waals surface area (Å²) in [5, 5.41) is 11.9. The molecular formula is C23H23BrN4O. The van der Waals surface area contributed by atoms with E-state index in [0.717, 1.165) is 53.2 Å². The van der Waals surface area contributed by atoms with Gasteiger partial charge in [-0.15, -0.1) is 10.2 Å². The third-order valence-electron chi connectivity index (χ3n) is 5.35. The number of aryl methyl sites for hydroxylation is 1. The Hall–Kier alpha value is -2.73. The van der Waals surface area contributed by atoms with E-state index in [1.807, 2.05) is 48.5 Å². The molecule has 1 saturated heterocycles. The van der Waals surface area contributed by atoms with Gasteiger partial charge in [0.05, 0.1) is 5.69 Å². The highest BCUT2D eigenvalue weighted by atomic mass is 79.9. The lowest BCUT2D eigenvalue weighted by Gasteiger charge is -2.31. The van der Waals surface area contributed by atoms with Crippen LogP contribution in [0.15, 0.2) is 65.1 Å². The maximum absolute atomic E-state index is 12.6. The van der Waals surface area contributed by atoms with Gasteiger partial charge in [-0.2, -0.15) is 0 Å². The Morgan fingerprint density at radius 2 is 1.83 bits per heavy atom. The van der Waals surface area contributed by atoms with Crippen LogP contribution < -0.4 is 10.2 Å². The third kappa shape index (κ3) is 4.65. The zero-order valence-electron chi connectivity index (χ0n) is 16.3. The number of benzene rings is 2. The number of aromatic nitrogens is 2. The van der Waals surface area contributed by atoms with Crippen molar-refractivity contribution in [2.24, 2.45) is 5.92 Å². The fraction of sp³-hybridized carbons (Fsp3) is 0.261. The van der Waals surface area contributed by atoms with Crippen LogP contribution in [-0.2, 0) is 4.79 Å². The topological polar surface area (TPSA) is 58.1 Å². The molecule has 0 unspecified atom stereocenters. The van der Waals surface area contributed by atoms with Crippen LogP contribution in [0.1, 0.15) is 18.4 Å². The van der Waals surface area contributed by atoms with E-state index in [1.54, 1.807) is 0 Å². The summed E-state index contributed by atoms with van der Waals surface area (Å²) in [6, 6.07) is 19.9. The zero-order valence-corrected chi connectivity index (χ0v) is 17.9. The van der Waals surface area contributed by atoms with E-state index in [-0.39, 0.29) is 11.8 Å². The van der Waals surface area contributed by atoms with E-state index >= 15 is 0 Å². The molecule has 0 spiro atoms. The molecule has 6 heteroatoms. The van der Waals surface area contributed by atoms with Crippen molar-refractivity contribution >= 4 is 33.3 Å². The summed E-state index contributed by atoms with van der Waals surface area (Å²) in [6.45, 7) is 3.68. The molecule has 4 rings (SSSR count). The van der Waals surface area contributed by atoms with Crippen molar-refractivity contribution in [3.05, 3.63) is 70.7 Å². The molecule has 1 aromatic heterocycles. The highest BCUT2D eigenvalue weighted by Crippen LogP contribution is 2.26. The number of halogens is 1. The zero-order chi connectivity index (χ0) is 20.2. The largest absolute Gasteiger partial charge is 0.355 e. The quantitative estimate of drug-likeness (QED) is 0.602. The average Bonchev–Trinajstić information content (AvgIpc) is 2.74. The molecule has 2 aromatic carbocycles. The summed E-state index contributed by atoms with van der Waals surface area (Å²) in [5.41, 5.74) is 4.00. The summed E-state index contributed by atoms with van der Waals surface area (Å²) < 4.78 is 0.956. The Morgan fingerprint density at radius 1 is 1.03 bits per heavy atom. The van der Waals surface area contributed by atoms with Crippen molar-refractivity contribution < 1.29 is 4.79 Å². The highest BCUT2D eigenvalue weighted by Gasteiger charge is 2.26. The Balaban J connectivity index is 1.36. The number of rotatable bonds is 4. The summed E-state index contributed by atoms with van der Waals surface area (Å²) in [5.74, 6) is 0.973. The molecule has 1 aliphatic heterocycles. The Labute approximate surface area is 179 Å². The van der Waals surface area contributed by atoms with Crippen molar-refractivity contribution in [3.8, 4) is 11.3 Å². The number of nitrogens with one attached hydrogen (secondary N) is 1. The first kappa shape index (κ1) is 19.6. The maximum atomic E-state index is 12.6. The Morgan fingerprint density at radius 3 is 2.52 bits per heavy atom. The SMILES string of the molecule is Cc1ccccc1-c1ccc(N2CCC(C(=O)Nc3cccc(Br)c3)CC2)nn1. The van der Waals surface area contributed by atoms with Gasteiger partial charge in [-0.05, 0) is 55.7 Å². The number of hydrogen-bond acceptors (Lipinski definition) is 4. The minimum atomic E-state index is 0.0180. The molecule has 0 atom stereocenters. The van der Waals surface area contributed by atoms with Crippen molar-refractivity contribution in [1.29, 1.82) is 0 Å². The number of carbonyl (C=O) groups excluding carboxylic acids is 1. The van der Waals surface area contributed by atoms with Crippen LogP contribution in [0.25, 0.3) is 11.3 Å². The van der Waals surface area contributed by atoms with E-state index in [4.69, 9.17) is 0 Å². The van der Waals surface area contributed by atoms with Gasteiger partial charge in [-0.25, -0.2) is 0 Å². The summed E-state index contributed by atoms with van der Waals surface area (Å²) in [4.78, 5) is 14.8. The van der Waals surface area contributed by atoms with E-state index in [0.29, 0.717) is 0 Å². The highest BCUT2D eigenvalue weighted by molar-refractivity contribution is 9.10. The Bertz CT molecular complexity index is 998. The standard InChI is InChI=1S/C23H23BrN4O/c1-16-5-2-3-8-20(16)21-9-10-22(27-26-21)28-13-11-17(12-14-28)23(29)25-19-7-4-6-18(24)15-19/h2-10,15,17H,11-14H2,1H3,(H,25,29). The summed E-state index contributed by atoms with van der Waals surface area (Å²) in [6.07, 6.45) is 1.61. The molecule has 0 aliphatic carbocycles. The van der Waals surface area contributed by atoms with E-state index in [9.17, 15) is 4.79 Å². The molecular weight excluding hydrogens is 428 g/mol. The van der Waals surface area contributed by atoms with Crippen LogP contribution in [0.2, 0.25) is 0 Å². The molecule has 1 aliphatic rings. The minimum Gasteiger partial charge on any atom is -0.355 e. The first-order chi connectivity index (χ1) is 14.1. The van der Waals surface area contributed by atoms with Crippen LogP contribution in [0, 0.1) is 12.8 Å². The second-order valence-electron chi connectivity index (χ2n) is 7.35. The number of piperidine rings is 1. The van der Waals surface area contributed by atoms with Crippen molar-refractivity contribution in [3.63, 3.8) is 0 Å². The van der Waals surface area contributed by atoms with Crippen LogP contribution in [0.3, 0.4) is 0 Å². The second-order valence-corrected chi connectivity index (χ2v) is 8.27. The first-order valence-corrected chi connectivity index (χ1v) is 10.6. The molecule has 1 fully saturated rings. The molecule has 5 nitrogen and oxygen atoms in total. The second kappa shape index (κ2) is 8.74. The van der Waals surface area contributed by atoms with Gasteiger partial charge in [0.25, 0.3) is 0 Å². The molecule has 0 bridgehead atoms. The van der Waals surface area contributed by atoms with Gasteiger partial charge in [0.1, 0.15) is 0 Å². The number of carbonyl (C=O) groups is 1. The lowest BCUT2D eigenvalue weighted by molar-refractivity contribution is -0.120. The Kier molecular flexibility index (Phi) is 5.90. The number of amides is 1. The predicted molar refractivity (Wildman–Crippen MR) is 120 cm³/mol. The van der Waals surface area contributed by atoms with Gasteiger partial charge in [0.15, 0.2) is 5.82 Å². The van der Waals surface area contributed by atoms with Gasteiger partial charge in [-0.3, -0.25) is 4.79 Å². The normalized spacial score (nSPS) is 14.6. The fourth-order valence-electron chi connectivity index (χ4n) is 3.68. The lowest BCUT2D eigenvalue weighted by atomic mass is 9.95. The minimum absolute atomic E-state index is 0.0180. The summed E-state index contributed by atoms with van der Waals surface area (Å²) >= 11 is 3.43. The van der Waals surface area contributed by atoms with Gasteiger partial charge in [0, 0.05) is 34.7 Å². The monoisotopic (exact) mass is 450 g/mol. The van der Waals surface area contributed by atoms with Gasteiger partial charge in [0.2, 0.25) is 5.91 Å². The van der Waals surface area contributed by atoms with Gasteiger partial charge >= 0.3 is 0 Å². The number of nitrogens with zero attached hydrogens (tertiary/aromatic N) is 3. The van der Waals surface area contributed by atoms with Gasteiger partial charge in [-0.1, -0.05) is 46.3 Å². The first-order valence-electron chi connectivity index (χ1n) is 9.81. The molecule has 3 aromatic rings.